The highest BCUT2D eigenvalue weighted by molar-refractivity contribution is 7.33. The molecule has 0 aliphatic rings. The minimum absolute atomic E-state index is 0.278. The van der Waals surface area contributed by atoms with Crippen molar-refractivity contribution in [2.45, 2.75) is 68.2 Å². The second-order valence-electron chi connectivity index (χ2n) is 8.61. The van der Waals surface area contributed by atoms with Crippen LogP contribution >= 0.6 is 8.25 Å². The Morgan fingerprint density at radius 2 is 1.10 bits per heavy atom. The third-order valence-corrected chi connectivity index (χ3v) is 3.70. The smallest absolute Gasteiger partial charge is 0.310 e. The van der Waals surface area contributed by atoms with Crippen molar-refractivity contribution in [2.75, 3.05) is 13.2 Å². The average Bonchev–Trinajstić information content (AvgIpc) is 2.18. The quantitative estimate of drug-likeness (QED) is 0.551. The Morgan fingerprint density at radius 1 is 0.800 bits per heavy atom. The second kappa shape index (κ2) is 8.56. The monoisotopic (exact) mass is 306 g/mol. The van der Waals surface area contributed by atoms with Crippen molar-refractivity contribution in [1.29, 1.82) is 0 Å². The van der Waals surface area contributed by atoms with Gasteiger partial charge in [-0.25, -0.2) is 0 Å². The van der Waals surface area contributed by atoms with Gasteiger partial charge in [0.1, 0.15) is 0 Å². The summed E-state index contributed by atoms with van der Waals surface area (Å²) in [7, 11) is -2.34. The van der Waals surface area contributed by atoms with Gasteiger partial charge in [0.25, 0.3) is 0 Å². The molecule has 0 heterocycles. The Labute approximate surface area is 126 Å². The van der Waals surface area contributed by atoms with E-state index in [-0.39, 0.29) is 10.8 Å². The lowest BCUT2D eigenvalue weighted by molar-refractivity contribution is 0.155. The van der Waals surface area contributed by atoms with Crippen molar-refractivity contribution >= 4 is 8.25 Å². The molecule has 3 nitrogen and oxygen atoms in total. The largest absolute Gasteiger partial charge is 0.319 e. The highest BCUT2D eigenvalue weighted by Crippen LogP contribution is 2.31. The van der Waals surface area contributed by atoms with Crippen LogP contribution in [0.5, 0.6) is 0 Å². The molecule has 0 fully saturated rings. The second-order valence-corrected chi connectivity index (χ2v) is 9.69. The van der Waals surface area contributed by atoms with Crippen molar-refractivity contribution in [3.05, 3.63) is 0 Å². The molecule has 0 bridgehead atoms. The summed E-state index contributed by atoms with van der Waals surface area (Å²) < 4.78 is 22.4. The molecule has 0 spiro atoms. The van der Waals surface area contributed by atoms with Crippen LogP contribution in [-0.2, 0) is 13.6 Å². The van der Waals surface area contributed by atoms with Crippen LogP contribution in [0.2, 0.25) is 0 Å². The predicted molar refractivity (Wildman–Crippen MR) is 87.4 cm³/mol. The summed E-state index contributed by atoms with van der Waals surface area (Å²) in [4.78, 5) is 0. The first kappa shape index (κ1) is 20.1. The summed E-state index contributed by atoms with van der Waals surface area (Å²) in [6.07, 6.45) is 2.12. The molecule has 0 radical (unpaired) electrons. The first-order chi connectivity index (χ1) is 8.89. The van der Waals surface area contributed by atoms with Crippen LogP contribution in [0, 0.1) is 22.7 Å². The number of hydrogen-bond acceptors (Lipinski definition) is 3. The van der Waals surface area contributed by atoms with Crippen LogP contribution in [0.3, 0.4) is 0 Å². The molecule has 0 aliphatic heterocycles. The zero-order valence-corrected chi connectivity index (χ0v) is 15.7. The molecule has 0 saturated carbocycles. The van der Waals surface area contributed by atoms with E-state index in [4.69, 9.17) is 9.05 Å². The molecule has 0 rings (SSSR count). The van der Waals surface area contributed by atoms with Gasteiger partial charge in [-0.3, -0.25) is 4.57 Å². The van der Waals surface area contributed by atoms with E-state index in [1.807, 2.05) is 0 Å². The van der Waals surface area contributed by atoms with E-state index in [1.165, 1.54) is 0 Å². The molecular weight excluding hydrogens is 271 g/mol. The molecule has 0 amide bonds. The number of hydrogen-bond donors (Lipinski definition) is 0. The molecular formula is C16H35O3P. The van der Waals surface area contributed by atoms with Gasteiger partial charge in [-0.15, -0.1) is 0 Å². The van der Waals surface area contributed by atoms with Gasteiger partial charge < -0.3 is 9.05 Å². The Morgan fingerprint density at radius 3 is 1.35 bits per heavy atom. The van der Waals surface area contributed by atoms with Crippen LogP contribution < -0.4 is 0 Å². The van der Waals surface area contributed by atoms with E-state index in [0.717, 1.165) is 12.8 Å². The maximum atomic E-state index is 11.7. The first-order valence-electron chi connectivity index (χ1n) is 7.68. The number of rotatable bonds is 8. The van der Waals surface area contributed by atoms with Gasteiger partial charge in [-0.2, -0.15) is 0 Å². The van der Waals surface area contributed by atoms with Crippen molar-refractivity contribution in [3.8, 4) is 0 Å². The van der Waals surface area contributed by atoms with Gasteiger partial charge >= 0.3 is 8.25 Å². The van der Waals surface area contributed by atoms with E-state index < -0.39 is 8.25 Å². The van der Waals surface area contributed by atoms with Crippen molar-refractivity contribution in [2.24, 2.45) is 22.7 Å². The summed E-state index contributed by atoms with van der Waals surface area (Å²) >= 11 is 0. The first-order valence-corrected chi connectivity index (χ1v) is 8.91. The molecule has 4 heteroatoms. The summed E-state index contributed by atoms with van der Waals surface area (Å²) in [6, 6.07) is 0. The fourth-order valence-electron chi connectivity index (χ4n) is 2.67. The third-order valence-electron chi connectivity index (χ3n) is 2.89. The van der Waals surface area contributed by atoms with Gasteiger partial charge in [0.2, 0.25) is 0 Å². The average molecular weight is 306 g/mol. The molecule has 122 valence electrons. The molecule has 0 aliphatic carbocycles. The fraction of sp³-hybridized carbons (Fsp3) is 1.00. The Balaban J connectivity index is 3.84. The maximum Gasteiger partial charge on any atom is 0.319 e. The summed E-state index contributed by atoms with van der Waals surface area (Å²) in [5, 5.41) is 0. The lowest BCUT2D eigenvalue weighted by Crippen LogP contribution is -2.15. The highest BCUT2D eigenvalue weighted by atomic mass is 31.1. The molecule has 0 aromatic carbocycles. The van der Waals surface area contributed by atoms with E-state index in [0.29, 0.717) is 25.0 Å². The zero-order valence-electron chi connectivity index (χ0n) is 14.7. The summed E-state index contributed by atoms with van der Waals surface area (Å²) in [5.74, 6) is 0.805. The van der Waals surface area contributed by atoms with Crippen molar-refractivity contribution in [3.63, 3.8) is 0 Å². The van der Waals surface area contributed by atoms with Gasteiger partial charge in [-0.05, 0) is 35.5 Å². The zero-order chi connectivity index (χ0) is 16.0. The van der Waals surface area contributed by atoms with Crippen LogP contribution in [0.1, 0.15) is 68.2 Å². The Hall–Kier alpha value is 0.150. The minimum atomic E-state index is -2.34. The van der Waals surface area contributed by atoms with Gasteiger partial charge in [0.15, 0.2) is 0 Å². The van der Waals surface area contributed by atoms with Crippen LogP contribution in [-0.4, -0.2) is 13.2 Å². The molecule has 0 saturated heterocycles. The molecule has 20 heavy (non-hydrogen) atoms. The van der Waals surface area contributed by atoms with E-state index in [2.05, 4.69) is 55.4 Å². The normalized spacial score (nSPS) is 17.8. The minimum Gasteiger partial charge on any atom is -0.310 e. The summed E-state index contributed by atoms with van der Waals surface area (Å²) in [5.41, 5.74) is 0.557. The SMILES string of the molecule is CC(CO[PH](=O)OCC(C)CC(C)(C)C)CC(C)(C)C. The Kier molecular flexibility index (Phi) is 8.62. The lowest BCUT2D eigenvalue weighted by Gasteiger charge is -2.24. The maximum absolute atomic E-state index is 11.7. The molecule has 0 N–H and O–H groups in total. The van der Waals surface area contributed by atoms with Crippen LogP contribution in [0.4, 0.5) is 0 Å². The van der Waals surface area contributed by atoms with Crippen molar-refractivity contribution < 1.29 is 13.6 Å². The summed E-state index contributed by atoms with van der Waals surface area (Å²) in [6.45, 7) is 18.5. The van der Waals surface area contributed by atoms with Gasteiger partial charge in [0, 0.05) is 0 Å². The predicted octanol–water partition coefficient (Wildman–Crippen LogP) is 5.55. The van der Waals surface area contributed by atoms with Crippen LogP contribution in [0.25, 0.3) is 0 Å². The molecule has 0 aromatic rings. The lowest BCUT2D eigenvalue weighted by atomic mass is 9.86. The molecule has 2 atom stereocenters. The van der Waals surface area contributed by atoms with Gasteiger partial charge in [-0.1, -0.05) is 55.4 Å². The van der Waals surface area contributed by atoms with Gasteiger partial charge in [0.05, 0.1) is 13.2 Å². The van der Waals surface area contributed by atoms with E-state index in [1.54, 1.807) is 0 Å². The molecule has 2 unspecified atom stereocenters. The topological polar surface area (TPSA) is 35.5 Å². The highest BCUT2D eigenvalue weighted by Gasteiger charge is 2.18. The van der Waals surface area contributed by atoms with E-state index >= 15 is 0 Å². The van der Waals surface area contributed by atoms with Crippen LogP contribution in [0.15, 0.2) is 0 Å². The van der Waals surface area contributed by atoms with Crippen molar-refractivity contribution in [1.82, 2.24) is 0 Å². The fourth-order valence-corrected chi connectivity index (χ4v) is 3.60. The third kappa shape index (κ3) is 13.1. The van der Waals surface area contributed by atoms with E-state index in [9.17, 15) is 4.57 Å². The standard InChI is InChI=1S/C16H35O3P/c1-13(9-15(3,4)5)11-18-20(17)19-12-14(2)10-16(6,7)8/h13-14,20H,9-12H2,1-8H3. The molecule has 0 aromatic heterocycles. The Bertz CT molecular complexity index is 261.